The molecule has 1 aliphatic rings. The largest absolute Gasteiger partial charge is 0.411 e. The fraction of sp³-hybridized carbons (Fsp3) is 0.538. The molecule has 0 fully saturated rings. The molecule has 0 spiro atoms. The van der Waals surface area contributed by atoms with Crippen molar-refractivity contribution in [2.24, 2.45) is 0 Å². The molecule has 0 radical (unpaired) electrons. The lowest BCUT2D eigenvalue weighted by Gasteiger charge is -2.14. The molecule has 1 aromatic carbocycles. The van der Waals surface area contributed by atoms with Crippen molar-refractivity contribution < 1.29 is 17.9 Å². The Labute approximate surface area is 118 Å². The molecule has 106 valence electrons. The first-order chi connectivity index (χ1) is 8.97. The van der Waals surface area contributed by atoms with Crippen LogP contribution < -0.4 is 5.32 Å². The highest BCUT2D eigenvalue weighted by atomic mass is 79.9. The predicted octanol–water partition coefficient (Wildman–Crippen LogP) is 3.60. The summed E-state index contributed by atoms with van der Waals surface area (Å²) in [6.07, 6.45) is -2.29. The summed E-state index contributed by atoms with van der Waals surface area (Å²) in [7, 11) is 0. The normalized spacial score (nSPS) is 18.6. The van der Waals surface area contributed by atoms with Gasteiger partial charge in [-0.1, -0.05) is 28.1 Å². The molecule has 6 heteroatoms. The Bertz CT molecular complexity index is 436. The minimum Gasteiger partial charge on any atom is -0.371 e. The van der Waals surface area contributed by atoms with Gasteiger partial charge in [0, 0.05) is 17.1 Å². The van der Waals surface area contributed by atoms with Crippen LogP contribution in [0.15, 0.2) is 22.7 Å². The molecule has 0 bridgehead atoms. The van der Waals surface area contributed by atoms with Crippen LogP contribution in [-0.2, 0) is 11.2 Å². The van der Waals surface area contributed by atoms with E-state index in [0.29, 0.717) is 6.54 Å². The van der Waals surface area contributed by atoms with Gasteiger partial charge in [0.1, 0.15) is 6.61 Å². The number of benzene rings is 1. The van der Waals surface area contributed by atoms with Crippen LogP contribution in [0.25, 0.3) is 0 Å². The summed E-state index contributed by atoms with van der Waals surface area (Å²) in [5.41, 5.74) is 2.52. The van der Waals surface area contributed by atoms with E-state index < -0.39 is 12.8 Å². The van der Waals surface area contributed by atoms with E-state index in [1.54, 1.807) is 0 Å². The quantitative estimate of drug-likeness (QED) is 0.829. The smallest absolute Gasteiger partial charge is 0.371 e. The third-order valence-electron chi connectivity index (χ3n) is 3.12. The van der Waals surface area contributed by atoms with Gasteiger partial charge in [-0.25, -0.2) is 0 Å². The Kier molecular flexibility index (Phi) is 4.86. The first-order valence-corrected chi connectivity index (χ1v) is 6.92. The molecule has 0 heterocycles. The van der Waals surface area contributed by atoms with Crippen LogP contribution in [-0.4, -0.2) is 25.9 Å². The van der Waals surface area contributed by atoms with Crippen molar-refractivity contribution in [3.05, 3.63) is 33.8 Å². The molecule has 1 atom stereocenters. The highest BCUT2D eigenvalue weighted by Crippen LogP contribution is 2.35. The van der Waals surface area contributed by atoms with E-state index in [1.807, 2.05) is 12.1 Å². The van der Waals surface area contributed by atoms with E-state index in [2.05, 4.69) is 32.0 Å². The van der Waals surface area contributed by atoms with Crippen molar-refractivity contribution in [2.75, 3.05) is 19.8 Å². The lowest BCUT2D eigenvalue weighted by Crippen LogP contribution is -2.26. The van der Waals surface area contributed by atoms with E-state index in [-0.39, 0.29) is 12.6 Å². The van der Waals surface area contributed by atoms with Crippen LogP contribution in [0.2, 0.25) is 0 Å². The number of alkyl halides is 3. The van der Waals surface area contributed by atoms with Crippen molar-refractivity contribution in [3.63, 3.8) is 0 Å². The summed E-state index contributed by atoms with van der Waals surface area (Å²) in [5.74, 6) is 0. The molecule has 1 N–H and O–H groups in total. The molecule has 1 unspecified atom stereocenters. The molecular weight excluding hydrogens is 323 g/mol. The van der Waals surface area contributed by atoms with Crippen LogP contribution >= 0.6 is 15.9 Å². The van der Waals surface area contributed by atoms with E-state index in [1.165, 1.54) is 11.1 Å². The molecule has 0 aromatic heterocycles. The monoisotopic (exact) mass is 337 g/mol. The standard InChI is InChI=1S/C13H15BrF3NO/c14-11-3-1-2-10-9(11)4-5-12(10)18-6-7-19-8-13(15,16)17/h1-3,12,18H,4-8H2. The first kappa shape index (κ1) is 14.8. The number of ether oxygens (including phenoxy) is 1. The SMILES string of the molecule is FC(F)(F)COCCNC1CCc2c(Br)cccc21. The fourth-order valence-electron chi connectivity index (χ4n) is 2.31. The Morgan fingerprint density at radius 1 is 1.37 bits per heavy atom. The molecule has 0 aliphatic heterocycles. The zero-order valence-electron chi connectivity index (χ0n) is 10.3. The lowest BCUT2D eigenvalue weighted by molar-refractivity contribution is -0.173. The van der Waals surface area contributed by atoms with Gasteiger partial charge in [0.15, 0.2) is 0 Å². The molecule has 1 aliphatic carbocycles. The van der Waals surface area contributed by atoms with E-state index in [9.17, 15) is 13.2 Å². The Morgan fingerprint density at radius 3 is 2.89 bits per heavy atom. The summed E-state index contributed by atoms with van der Waals surface area (Å²) in [5, 5.41) is 3.24. The van der Waals surface area contributed by atoms with E-state index in [0.717, 1.165) is 17.3 Å². The van der Waals surface area contributed by atoms with Crippen LogP contribution in [0.5, 0.6) is 0 Å². The fourth-order valence-corrected chi connectivity index (χ4v) is 2.89. The Hall–Kier alpha value is -0.590. The molecule has 2 nitrogen and oxygen atoms in total. The second-order valence-corrected chi connectivity index (χ2v) is 5.38. The Morgan fingerprint density at radius 2 is 2.16 bits per heavy atom. The van der Waals surface area contributed by atoms with Crippen LogP contribution in [0, 0.1) is 0 Å². The predicted molar refractivity (Wildman–Crippen MR) is 70.1 cm³/mol. The van der Waals surface area contributed by atoms with Crippen molar-refractivity contribution in [2.45, 2.75) is 25.1 Å². The zero-order chi connectivity index (χ0) is 13.9. The summed E-state index contributed by atoms with van der Waals surface area (Å²) in [6, 6.07) is 6.25. The minimum absolute atomic E-state index is 0.0688. The van der Waals surface area contributed by atoms with Gasteiger partial charge in [0.05, 0.1) is 6.61 Å². The lowest BCUT2D eigenvalue weighted by atomic mass is 10.1. The topological polar surface area (TPSA) is 21.3 Å². The maximum Gasteiger partial charge on any atom is 0.411 e. The molecule has 19 heavy (non-hydrogen) atoms. The third-order valence-corrected chi connectivity index (χ3v) is 3.86. The number of halogens is 4. The van der Waals surface area contributed by atoms with Crippen molar-refractivity contribution >= 4 is 15.9 Å². The van der Waals surface area contributed by atoms with Gasteiger partial charge >= 0.3 is 6.18 Å². The number of hydrogen-bond donors (Lipinski definition) is 1. The molecule has 0 amide bonds. The maximum atomic E-state index is 11.9. The average Bonchev–Trinajstić information content (AvgIpc) is 2.72. The highest BCUT2D eigenvalue weighted by molar-refractivity contribution is 9.10. The second kappa shape index (κ2) is 6.24. The van der Waals surface area contributed by atoms with Gasteiger partial charge in [0.25, 0.3) is 0 Å². The van der Waals surface area contributed by atoms with E-state index in [4.69, 9.17) is 0 Å². The number of fused-ring (bicyclic) bond motifs is 1. The first-order valence-electron chi connectivity index (χ1n) is 6.12. The molecule has 1 aromatic rings. The summed E-state index contributed by atoms with van der Waals surface area (Å²) in [4.78, 5) is 0. The summed E-state index contributed by atoms with van der Waals surface area (Å²) in [6.45, 7) is -0.687. The van der Waals surface area contributed by atoms with Crippen molar-refractivity contribution in [1.29, 1.82) is 0 Å². The number of rotatable bonds is 5. The van der Waals surface area contributed by atoms with Gasteiger partial charge in [-0.05, 0) is 30.0 Å². The third kappa shape index (κ3) is 4.19. The number of nitrogens with one attached hydrogen (secondary N) is 1. The molecule has 2 rings (SSSR count). The van der Waals surface area contributed by atoms with Gasteiger partial charge in [0.2, 0.25) is 0 Å². The Balaban J connectivity index is 1.76. The van der Waals surface area contributed by atoms with Crippen LogP contribution in [0.4, 0.5) is 13.2 Å². The summed E-state index contributed by atoms with van der Waals surface area (Å²) >= 11 is 3.51. The summed E-state index contributed by atoms with van der Waals surface area (Å²) < 4.78 is 41.3. The maximum absolute atomic E-state index is 11.9. The van der Waals surface area contributed by atoms with Gasteiger partial charge in [-0.3, -0.25) is 0 Å². The molecular formula is C13H15BrF3NO. The van der Waals surface area contributed by atoms with E-state index >= 15 is 0 Å². The highest BCUT2D eigenvalue weighted by Gasteiger charge is 2.27. The van der Waals surface area contributed by atoms with Crippen LogP contribution in [0.3, 0.4) is 0 Å². The van der Waals surface area contributed by atoms with Crippen molar-refractivity contribution in [3.8, 4) is 0 Å². The minimum atomic E-state index is -4.25. The molecule has 0 saturated carbocycles. The van der Waals surface area contributed by atoms with Crippen LogP contribution in [0.1, 0.15) is 23.6 Å². The second-order valence-electron chi connectivity index (χ2n) is 4.52. The zero-order valence-corrected chi connectivity index (χ0v) is 11.9. The van der Waals surface area contributed by atoms with Gasteiger partial charge < -0.3 is 10.1 Å². The number of hydrogen-bond acceptors (Lipinski definition) is 2. The average molecular weight is 338 g/mol. The molecule has 0 saturated heterocycles. The van der Waals surface area contributed by atoms with Gasteiger partial charge in [-0.15, -0.1) is 0 Å². The van der Waals surface area contributed by atoms with Gasteiger partial charge in [-0.2, -0.15) is 13.2 Å². The van der Waals surface area contributed by atoms with Crippen molar-refractivity contribution in [1.82, 2.24) is 5.32 Å².